The molecule has 0 saturated carbocycles. The molecular formula is C13H21NOS. The van der Waals surface area contributed by atoms with E-state index < -0.39 is 10.8 Å². The molecule has 0 spiro atoms. The lowest BCUT2D eigenvalue weighted by molar-refractivity contribution is 0.643. The normalized spacial score (nSPS) is 14.8. The van der Waals surface area contributed by atoms with Crippen molar-refractivity contribution in [2.75, 3.05) is 5.75 Å². The topological polar surface area (TPSA) is 43.1 Å². The lowest BCUT2D eigenvalue weighted by Gasteiger charge is -2.08. The van der Waals surface area contributed by atoms with Gasteiger partial charge in [-0.15, -0.1) is 0 Å². The van der Waals surface area contributed by atoms with Crippen LogP contribution in [0.15, 0.2) is 23.1 Å². The Kier molecular flexibility index (Phi) is 5.16. The van der Waals surface area contributed by atoms with Crippen molar-refractivity contribution in [2.24, 2.45) is 5.73 Å². The molecule has 0 radical (unpaired) electrons. The third-order valence-corrected chi connectivity index (χ3v) is 4.17. The molecule has 0 aromatic heterocycles. The highest BCUT2D eigenvalue weighted by atomic mass is 32.2. The van der Waals surface area contributed by atoms with Crippen LogP contribution in [0.4, 0.5) is 0 Å². The first-order valence-electron chi connectivity index (χ1n) is 5.72. The minimum absolute atomic E-state index is 0.204. The highest BCUT2D eigenvalue weighted by Gasteiger charge is 2.07. The highest BCUT2D eigenvalue weighted by molar-refractivity contribution is 7.85. The number of hydrogen-bond acceptors (Lipinski definition) is 2. The monoisotopic (exact) mass is 239 g/mol. The lowest BCUT2D eigenvalue weighted by Crippen LogP contribution is -2.15. The molecule has 0 aliphatic carbocycles. The molecule has 1 rings (SSSR count). The second-order valence-corrected chi connectivity index (χ2v) is 5.98. The van der Waals surface area contributed by atoms with E-state index in [9.17, 15) is 4.21 Å². The van der Waals surface area contributed by atoms with Gasteiger partial charge in [0.25, 0.3) is 0 Å². The summed E-state index contributed by atoms with van der Waals surface area (Å²) in [5.41, 5.74) is 7.96. The van der Waals surface area contributed by atoms with E-state index in [1.807, 2.05) is 32.9 Å². The van der Waals surface area contributed by atoms with Crippen molar-refractivity contribution in [3.8, 4) is 0 Å². The van der Waals surface area contributed by atoms with Crippen LogP contribution in [-0.4, -0.2) is 16.0 Å². The van der Waals surface area contributed by atoms with E-state index in [2.05, 4.69) is 6.07 Å². The zero-order valence-corrected chi connectivity index (χ0v) is 11.1. The van der Waals surface area contributed by atoms with Crippen molar-refractivity contribution in [3.05, 3.63) is 29.3 Å². The molecule has 0 amide bonds. The fourth-order valence-electron chi connectivity index (χ4n) is 1.60. The summed E-state index contributed by atoms with van der Waals surface area (Å²) in [4.78, 5) is 0.977. The number of hydrogen-bond donors (Lipinski definition) is 1. The summed E-state index contributed by atoms with van der Waals surface area (Å²) < 4.78 is 12.1. The molecule has 0 bridgehead atoms. The molecular weight excluding hydrogens is 218 g/mol. The SMILES string of the molecule is Cc1ccc(C)c(S(=O)CCCC(C)N)c1. The molecule has 90 valence electrons. The Morgan fingerprint density at radius 2 is 2.06 bits per heavy atom. The molecule has 0 heterocycles. The summed E-state index contributed by atoms with van der Waals surface area (Å²) in [6.45, 7) is 6.03. The smallest absolute Gasteiger partial charge is 0.0532 e. The Hall–Kier alpha value is -0.670. The van der Waals surface area contributed by atoms with E-state index in [1.54, 1.807) is 0 Å². The minimum atomic E-state index is -0.877. The minimum Gasteiger partial charge on any atom is -0.328 e. The molecule has 2 N–H and O–H groups in total. The summed E-state index contributed by atoms with van der Waals surface area (Å²) in [7, 11) is -0.877. The van der Waals surface area contributed by atoms with E-state index in [0.717, 1.165) is 23.3 Å². The van der Waals surface area contributed by atoms with Crippen LogP contribution in [-0.2, 0) is 10.8 Å². The molecule has 2 unspecified atom stereocenters. The molecule has 2 nitrogen and oxygen atoms in total. The van der Waals surface area contributed by atoms with Crippen molar-refractivity contribution in [1.29, 1.82) is 0 Å². The Balaban J connectivity index is 2.62. The molecule has 0 aliphatic heterocycles. The van der Waals surface area contributed by atoms with Gasteiger partial charge in [0.1, 0.15) is 0 Å². The van der Waals surface area contributed by atoms with Crippen LogP contribution in [0.2, 0.25) is 0 Å². The van der Waals surface area contributed by atoms with Gasteiger partial charge in [-0.05, 0) is 50.8 Å². The average molecular weight is 239 g/mol. The van der Waals surface area contributed by atoms with Crippen LogP contribution in [0.5, 0.6) is 0 Å². The Morgan fingerprint density at radius 3 is 2.69 bits per heavy atom. The summed E-state index contributed by atoms with van der Waals surface area (Å²) >= 11 is 0. The van der Waals surface area contributed by atoms with Crippen molar-refractivity contribution in [3.63, 3.8) is 0 Å². The predicted molar refractivity (Wildman–Crippen MR) is 70.1 cm³/mol. The summed E-state index contributed by atoms with van der Waals surface area (Å²) in [6, 6.07) is 6.32. The average Bonchev–Trinajstić information content (AvgIpc) is 2.21. The van der Waals surface area contributed by atoms with Gasteiger partial charge in [0, 0.05) is 16.7 Å². The lowest BCUT2D eigenvalue weighted by atomic mass is 10.2. The summed E-state index contributed by atoms with van der Waals surface area (Å²) in [6.07, 6.45) is 1.87. The van der Waals surface area contributed by atoms with Crippen molar-refractivity contribution in [2.45, 2.75) is 44.6 Å². The summed E-state index contributed by atoms with van der Waals surface area (Å²) in [5.74, 6) is 0.714. The van der Waals surface area contributed by atoms with Gasteiger partial charge in [0.15, 0.2) is 0 Å². The maximum absolute atomic E-state index is 12.1. The van der Waals surface area contributed by atoms with Crippen LogP contribution in [0.25, 0.3) is 0 Å². The Morgan fingerprint density at radius 1 is 1.38 bits per heavy atom. The largest absolute Gasteiger partial charge is 0.328 e. The van der Waals surface area contributed by atoms with Gasteiger partial charge in [-0.1, -0.05) is 12.1 Å². The summed E-state index contributed by atoms with van der Waals surface area (Å²) in [5, 5.41) is 0. The van der Waals surface area contributed by atoms with Crippen LogP contribution in [0, 0.1) is 13.8 Å². The van der Waals surface area contributed by atoms with Gasteiger partial charge in [-0.2, -0.15) is 0 Å². The van der Waals surface area contributed by atoms with Crippen LogP contribution in [0.3, 0.4) is 0 Å². The third-order valence-electron chi connectivity index (χ3n) is 2.58. The predicted octanol–water partition coefficient (Wildman–Crippen LogP) is 2.54. The maximum Gasteiger partial charge on any atom is 0.0532 e. The van der Waals surface area contributed by atoms with Crippen molar-refractivity contribution < 1.29 is 4.21 Å². The van der Waals surface area contributed by atoms with Crippen molar-refractivity contribution in [1.82, 2.24) is 0 Å². The number of aryl methyl sites for hydroxylation is 2. The second-order valence-electron chi connectivity index (χ2n) is 4.44. The fraction of sp³-hybridized carbons (Fsp3) is 0.538. The molecule has 3 heteroatoms. The van der Waals surface area contributed by atoms with E-state index in [-0.39, 0.29) is 6.04 Å². The van der Waals surface area contributed by atoms with Crippen LogP contribution in [0.1, 0.15) is 30.9 Å². The zero-order chi connectivity index (χ0) is 12.1. The number of rotatable bonds is 5. The van der Waals surface area contributed by atoms with E-state index >= 15 is 0 Å². The number of benzene rings is 1. The first kappa shape index (κ1) is 13.4. The first-order valence-corrected chi connectivity index (χ1v) is 7.04. The van der Waals surface area contributed by atoms with Crippen LogP contribution >= 0.6 is 0 Å². The molecule has 0 saturated heterocycles. The molecule has 1 aromatic carbocycles. The van der Waals surface area contributed by atoms with E-state index in [4.69, 9.17) is 5.73 Å². The van der Waals surface area contributed by atoms with Gasteiger partial charge in [0.05, 0.1) is 10.8 Å². The fourth-order valence-corrected chi connectivity index (χ4v) is 2.99. The highest BCUT2D eigenvalue weighted by Crippen LogP contribution is 2.16. The molecule has 0 fully saturated rings. The van der Waals surface area contributed by atoms with E-state index in [0.29, 0.717) is 5.75 Å². The van der Waals surface area contributed by atoms with Gasteiger partial charge in [-0.3, -0.25) is 4.21 Å². The standard InChI is InChI=1S/C13H21NOS/c1-10-6-7-11(2)13(9-10)16(15)8-4-5-12(3)14/h6-7,9,12H,4-5,8,14H2,1-3H3. The second kappa shape index (κ2) is 6.16. The molecule has 1 aromatic rings. The number of nitrogens with two attached hydrogens (primary N) is 1. The van der Waals surface area contributed by atoms with Crippen molar-refractivity contribution >= 4 is 10.8 Å². The Bertz CT molecular complexity index is 374. The maximum atomic E-state index is 12.1. The third kappa shape index (κ3) is 4.06. The first-order chi connectivity index (χ1) is 7.50. The van der Waals surface area contributed by atoms with Gasteiger partial charge < -0.3 is 5.73 Å². The Labute approximate surface area is 101 Å². The molecule has 0 aliphatic rings. The van der Waals surface area contributed by atoms with Gasteiger partial charge >= 0.3 is 0 Å². The van der Waals surface area contributed by atoms with Gasteiger partial charge in [-0.25, -0.2) is 0 Å². The van der Waals surface area contributed by atoms with E-state index in [1.165, 1.54) is 5.56 Å². The molecule has 16 heavy (non-hydrogen) atoms. The zero-order valence-electron chi connectivity index (χ0n) is 10.3. The van der Waals surface area contributed by atoms with Gasteiger partial charge in [0.2, 0.25) is 0 Å². The quantitative estimate of drug-likeness (QED) is 0.858. The molecule has 2 atom stereocenters. The van der Waals surface area contributed by atoms with Crippen LogP contribution < -0.4 is 5.73 Å².